The van der Waals surface area contributed by atoms with Crippen LogP contribution in [0.1, 0.15) is 23.1 Å². The number of aromatic nitrogens is 3. The lowest BCUT2D eigenvalue weighted by molar-refractivity contribution is 0.0690. The van der Waals surface area contributed by atoms with Gasteiger partial charge in [-0.05, 0) is 6.42 Å². The second-order valence-corrected chi connectivity index (χ2v) is 3.26. The zero-order valence-corrected chi connectivity index (χ0v) is 8.97. The molecule has 0 saturated carbocycles. The fourth-order valence-electron chi connectivity index (χ4n) is 1.44. The number of aryl methyl sites for hydroxylation is 1. The zero-order chi connectivity index (χ0) is 11.7. The maximum absolute atomic E-state index is 10.8. The third-order valence-electron chi connectivity index (χ3n) is 2.25. The summed E-state index contributed by atoms with van der Waals surface area (Å²) in [5.41, 5.74) is 1.33. The molecule has 2 heterocycles. The van der Waals surface area contributed by atoms with Gasteiger partial charge in [-0.25, -0.2) is 14.3 Å². The molecule has 2 aromatic heterocycles. The number of carboxylic acid groups (broad SMARTS) is 1. The highest BCUT2D eigenvalue weighted by Crippen LogP contribution is 2.18. The summed E-state index contributed by atoms with van der Waals surface area (Å²) in [6, 6.07) is 1.44. The van der Waals surface area contributed by atoms with E-state index in [0.717, 1.165) is 12.1 Å². The standard InChI is InChI=1S/C10H11N3O3/c1-3-6-5-13-8(9(11-6)16-2)4-7(12-13)10(14)15/h4-5H,3H2,1-2H3,(H,14,15). The Balaban J connectivity index is 2.69. The molecular formula is C10H11N3O3. The lowest BCUT2D eigenvalue weighted by Crippen LogP contribution is -2.00. The minimum absolute atomic E-state index is 0.0200. The van der Waals surface area contributed by atoms with Crippen molar-refractivity contribution in [3.05, 3.63) is 23.7 Å². The molecule has 1 N–H and O–H groups in total. The number of fused-ring (bicyclic) bond motifs is 1. The topological polar surface area (TPSA) is 76.7 Å². The Kier molecular flexibility index (Phi) is 2.47. The monoisotopic (exact) mass is 221 g/mol. The Morgan fingerprint density at radius 2 is 2.38 bits per heavy atom. The molecule has 2 rings (SSSR count). The summed E-state index contributed by atoms with van der Waals surface area (Å²) < 4.78 is 6.58. The molecule has 84 valence electrons. The number of rotatable bonds is 3. The molecule has 0 amide bonds. The average Bonchev–Trinajstić information content (AvgIpc) is 2.71. The largest absolute Gasteiger partial charge is 0.479 e. The van der Waals surface area contributed by atoms with Gasteiger partial charge in [0.1, 0.15) is 5.52 Å². The Morgan fingerprint density at radius 1 is 1.62 bits per heavy atom. The van der Waals surface area contributed by atoms with Crippen LogP contribution >= 0.6 is 0 Å². The lowest BCUT2D eigenvalue weighted by atomic mass is 10.3. The van der Waals surface area contributed by atoms with Crippen LogP contribution in [0.5, 0.6) is 5.88 Å². The number of hydrogen-bond donors (Lipinski definition) is 1. The highest BCUT2D eigenvalue weighted by atomic mass is 16.5. The molecule has 0 saturated heterocycles. The summed E-state index contributed by atoms with van der Waals surface area (Å²) in [6.07, 6.45) is 2.43. The van der Waals surface area contributed by atoms with Crippen LogP contribution in [-0.4, -0.2) is 32.8 Å². The second-order valence-electron chi connectivity index (χ2n) is 3.26. The van der Waals surface area contributed by atoms with Crippen molar-refractivity contribution < 1.29 is 14.6 Å². The normalized spacial score (nSPS) is 10.6. The van der Waals surface area contributed by atoms with Gasteiger partial charge in [0.05, 0.1) is 19.0 Å². The van der Waals surface area contributed by atoms with Gasteiger partial charge in [-0.3, -0.25) is 0 Å². The molecule has 0 radical (unpaired) electrons. The minimum atomic E-state index is -1.07. The number of hydrogen-bond acceptors (Lipinski definition) is 4. The summed E-state index contributed by atoms with van der Waals surface area (Å²) in [5, 5.41) is 12.8. The van der Waals surface area contributed by atoms with E-state index >= 15 is 0 Å². The third kappa shape index (κ3) is 1.58. The Hall–Kier alpha value is -2.11. The molecule has 0 atom stereocenters. The summed E-state index contributed by atoms with van der Waals surface area (Å²) in [4.78, 5) is 15.0. The minimum Gasteiger partial charge on any atom is -0.479 e. The predicted octanol–water partition coefficient (Wildman–Crippen LogP) is 0.998. The highest BCUT2D eigenvalue weighted by molar-refractivity contribution is 5.87. The van der Waals surface area contributed by atoms with Gasteiger partial charge in [-0.2, -0.15) is 5.10 Å². The van der Waals surface area contributed by atoms with Gasteiger partial charge < -0.3 is 9.84 Å². The van der Waals surface area contributed by atoms with E-state index in [1.165, 1.54) is 17.7 Å². The van der Waals surface area contributed by atoms with Crippen molar-refractivity contribution in [1.29, 1.82) is 0 Å². The van der Waals surface area contributed by atoms with Crippen LogP contribution < -0.4 is 4.74 Å². The fraction of sp³-hybridized carbons (Fsp3) is 0.300. The number of nitrogens with zero attached hydrogens (tertiary/aromatic N) is 3. The Labute approximate surface area is 91.5 Å². The van der Waals surface area contributed by atoms with E-state index in [4.69, 9.17) is 9.84 Å². The first-order valence-corrected chi connectivity index (χ1v) is 4.82. The smallest absolute Gasteiger partial charge is 0.356 e. The fourth-order valence-corrected chi connectivity index (χ4v) is 1.44. The van der Waals surface area contributed by atoms with Crippen molar-refractivity contribution in [2.24, 2.45) is 0 Å². The Bertz CT molecular complexity index is 547. The van der Waals surface area contributed by atoms with Crippen LogP contribution in [0.4, 0.5) is 0 Å². The van der Waals surface area contributed by atoms with Crippen LogP contribution in [0.2, 0.25) is 0 Å². The Morgan fingerprint density at radius 3 is 2.94 bits per heavy atom. The highest BCUT2D eigenvalue weighted by Gasteiger charge is 2.13. The van der Waals surface area contributed by atoms with E-state index in [9.17, 15) is 4.79 Å². The van der Waals surface area contributed by atoms with Crippen LogP contribution in [0.3, 0.4) is 0 Å². The molecule has 0 aliphatic heterocycles. The molecule has 0 unspecified atom stereocenters. The molecule has 2 aromatic rings. The van der Waals surface area contributed by atoms with Crippen LogP contribution in [0, 0.1) is 0 Å². The maximum Gasteiger partial charge on any atom is 0.356 e. The molecule has 0 bridgehead atoms. The van der Waals surface area contributed by atoms with Crippen molar-refractivity contribution in [1.82, 2.24) is 14.6 Å². The van der Waals surface area contributed by atoms with E-state index in [1.54, 1.807) is 6.20 Å². The van der Waals surface area contributed by atoms with Gasteiger partial charge in [0, 0.05) is 6.07 Å². The lowest BCUT2D eigenvalue weighted by Gasteiger charge is -2.03. The summed E-state index contributed by atoms with van der Waals surface area (Å²) in [7, 11) is 1.50. The predicted molar refractivity (Wildman–Crippen MR) is 55.9 cm³/mol. The first-order valence-electron chi connectivity index (χ1n) is 4.82. The SMILES string of the molecule is CCc1cn2nc(C(=O)O)cc2c(OC)n1. The van der Waals surface area contributed by atoms with E-state index in [1.807, 2.05) is 6.92 Å². The van der Waals surface area contributed by atoms with E-state index in [2.05, 4.69) is 10.1 Å². The molecular weight excluding hydrogens is 210 g/mol. The summed E-state index contributed by atoms with van der Waals surface area (Å²) in [5.74, 6) is -0.678. The number of aromatic carboxylic acids is 1. The number of carboxylic acids is 1. The van der Waals surface area contributed by atoms with Crippen molar-refractivity contribution in [3.63, 3.8) is 0 Å². The van der Waals surface area contributed by atoms with Crippen LogP contribution in [0.15, 0.2) is 12.3 Å². The molecule has 0 aromatic carbocycles. The van der Waals surface area contributed by atoms with Gasteiger partial charge in [0.15, 0.2) is 5.69 Å². The molecule has 0 fully saturated rings. The molecule has 6 nitrogen and oxygen atoms in total. The quantitative estimate of drug-likeness (QED) is 0.836. The summed E-state index contributed by atoms with van der Waals surface area (Å²) in [6.45, 7) is 1.95. The van der Waals surface area contributed by atoms with Gasteiger partial charge in [0.25, 0.3) is 0 Å². The van der Waals surface area contributed by atoms with E-state index < -0.39 is 5.97 Å². The third-order valence-corrected chi connectivity index (χ3v) is 2.25. The first-order chi connectivity index (χ1) is 7.65. The molecule has 0 spiro atoms. The van der Waals surface area contributed by atoms with Crippen molar-refractivity contribution in [2.45, 2.75) is 13.3 Å². The molecule has 0 aliphatic carbocycles. The molecule has 16 heavy (non-hydrogen) atoms. The van der Waals surface area contributed by atoms with Gasteiger partial charge in [-0.15, -0.1) is 0 Å². The van der Waals surface area contributed by atoms with Gasteiger partial charge in [-0.1, -0.05) is 6.92 Å². The number of ether oxygens (including phenoxy) is 1. The van der Waals surface area contributed by atoms with Gasteiger partial charge in [0.2, 0.25) is 5.88 Å². The number of methoxy groups -OCH3 is 1. The second kappa shape index (κ2) is 3.80. The van der Waals surface area contributed by atoms with Crippen LogP contribution in [-0.2, 0) is 6.42 Å². The average molecular weight is 221 g/mol. The van der Waals surface area contributed by atoms with Crippen molar-refractivity contribution in [2.75, 3.05) is 7.11 Å². The first kappa shape index (κ1) is 10.4. The van der Waals surface area contributed by atoms with Gasteiger partial charge >= 0.3 is 5.97 Å². The number of carbonyl (C=O) groups is 1. The maximum atomic E-state index is 10.8. The molecule has 6 heteroatoms. The van der Waals surface area contributed by atoms with Crippen LogP contribution in [0.25, 0.3) is 5.52 Å². The van der Waals surface area contributed by atoms with Crippen molar-refractivity contribution >= 4 is 11.5 Å². The molecule has 0 aliphatic rings. The van der Waals surface area contributed by atoms with E-state index in [-0.39, 0.29) is 5.69 Å². The van der Waals surface area contributed by atoms with Crippen molar-refractivity contribution in [3.8, 4) is 5.88 Å². The zero-order valence-electron chi connectivity index (χ0n) is 8.97. The summed E-state index contributed by atoms with van der Waals surface area (Å²) >= 11 is 0. The van der Waals surface area contributed by atoms with E-state index in [0.29, 0.717) is 11.4 Å².